The van der Waals surface area contributed by atoms with Gasteiger partial charge in [0.05, 0.1) is 5.60 Å². The zero-order valence-electron chi connectivity index (χ0n) is 11.2. The molecule has 0 bridgehead atoms. The van der Waals surface area contributed by atoms with Gasteiger partial charge in [-0.2, -0.15) is 0 Å². The van der Waals surface area contributed by atoms with Crippen LogP contribution in [0.4, 0.5) is 0 Å². The summed E-state index contributed by atoms with van der Waals surface area (Å²) in [7, 11) is 0. The van der Waals surface area contributed by atoms with E-state index in [2.05, 4.69) is 27.7 Å². The second kappa shape index (κ2) is 3.04. The first-order valence-electron chi connectivity index (χ1n) is 7.08. The molecule has 0 aromatic rings. The van der Waals surface area contributed by atoms with Crippen LogP contribution < -0.4 is 0 Å². The molecule has 0 saturated heterocycles. The van der Waals surface area contributed by atoms with Crippen molar-refractivity contribution in [2.24, 2.45) is 35.0 Å². The predicted molar refractivity (Wildman–Crippen MR) is 66.0 cm³/mol. The fourth-order valence-corrected chi connectivity index (χ4v) is 5.29. The van der Waals surface area contributed by atoms with Gasteiger partial charge in [0.2, 0.25) is 0 Å². The number of hydrogen-bond donors (Lipinski definition) is 1. The van der Waals surface area contributed by atoms with E-state index in [0.717, 1.165) is 30.1 Å². The van der Waals surface area contributed by atoms with Crippen LogP contribution in [-0.4, -0.2) is 10.7 Å². The van der Waals surface area contributed by atoms with Gasteiger partial charge in [-0.05, 0) is 61.2 Å². The van der Waals surface area contributed by atoms with Gasteiger partial charge in [0, 0.05) is 0 Å². The molecule has 0 radical (unpaired) electrons. The zero-order chi connectivity index (χ0) is 11.7. The molecule has 1 heteroatoms. The van der Waals surface area contributed by atoms with Gasteiger partial charge in [-0.15, -0.1) is 0 Å². The minimum absolute atomic E-state index is 0.376. The summed E-state index contributed by atoms with van der Waals surface area (Å²) in [5.41, 5.74) is 0.191. The second-order valence-corrected chi connectivity index (χ2v) is 7.59. The number of aliphatic hydroxyl groups is 1. The highest BCUT2D eigenvalue weighted by atomic mass is 16.3. The maximum absolute atomic E-state index is 10.7. The molecule has 0 spiro atoms. The van der Waals surface area contributed by atoms with Crippen LogP contribution in [0.2, 0.25) is 0 Å². The van der Waals surface area contributed by atoms with Crippen LogP contribution in [0.15, 0.2) is 0 Å². The molecule has 0 heterocycles. The summed E-state index contributed by atoms with van der Waals surface area (Å²) in [6, 6.07) is 0. The van der Waals surface area contributed by atoms with Crippen molar-refractivity contribution in [2.45, 2.75) is 59.0 Å². The Morgan fingerprint density at radius 3 is 2.38 bits per heavy atom. The number of fused-ring (bicyclic) bond motifs is 3. The molecular formula is C15H26O. The lowest BCUT2D eigenvalue weighted by atomic mass is 9.74. The highest BCUT2D eigenvalue weighted by Gasteiger charge is 2.66. The van der Waals surface area contributed by atoms with Crippen molar-refractivity contribution < 1.29 is 5.11 Å². The molecule has 0 amide bonds. The molecule has 0 aromatic carbocycles. The summed E-state index contributed by atoms with van der Waals surface area (Å²) in [5, 5.41) is 10.7. The Balaban J connectivity index is 1.94. The van der Waals surface area contributed by atoms with Gasteiger partial charge >= 0.3 is 0 Å². The van der Waals surface area contributed by atoms with Crippen molar-refractivity contribution in [2.75, 3.05) is 0 Å². The molecule has 0 aromatic heterocycles. The first-order chi connectivity index (χ1) is 7.36. The third-order valence-corrected chi connectivity index (χ3v) is 6.37. The SMILES string of the molecule is C[C@H]1CC[C@H]2[C@@H]1[C@@H]1[C@H](CC[C@@]2(C)O)C1(C)C. The van der Waals surface area contributed by atoms with Crippen molar-refractivity contribution in [1.29, 1.82) is 0 Å². The standard InChI is InChI=1S/C15H26O/c1-9-5-6-10-12(9)13-11(14(13,2)3)7-8-15(10,4)16/h9-13,16H,5-8H2,1-4H3/t9-,10-,11-,12+,13-,15+/m0/s1. The lowest BCUT2D eigenvalue weighted by Gasteiger charge is -2.35. The summed E-state index contributed by atoms with van der Waals surface area (Å²) >= 11 is 0. The Labute approximate surface area is 99.6 Å². The lowest BCUT2D eigenvalue weighted by Crippen LogP contribution is -2.38. The summed E-state index contributed by atoms with van der Waals surface area (Å²) in [6.07, 6.45) is 4.89. The second-order valence-electron chi connectivity index (χ2n) is 7.59. The van der Waals surface area contributed by atoms with Crippen LogP contribution in [0, 0.1) is 35.0 Å². The molecule has 3 aliphatic carbocycles. The van der Waals surface area contributed by atoms with E-state index in [9.17, 15) is 5.11 Å². The number of hydrogen-bond acceptors (Lipinski definition) is 1. The van der Waals surface area contributed by atoms with Crippen LogP contribution in [0.3, 0.4) is 0 Å². The van der Waals surface area contributed by atoms with E-state index >= 15 is 0 Å². The third-order valence-electron chi connectivity index (χ3n) is 6.37. The van der Waals surface area contributed by atoms with Crippen molar-refractivity contribution in [3.05, 3.63) is 0 Å². The topological polar surface area (TPSA) is 20.2 Å². The highest BCUT2D eigenvalue weighted by Crippen LogP contribution is 2.71. The van der Waals surface area contributed by atoms with Crippen molar-refractivity contribution in [3.63, 3.8) is 0 Å². The van der Waals surface area contributed by atoms with Crippen LogP contribution in [0.1, 0.15) is 53.4 Å². The first-order valence-corrected chi connectivity index (χ1v) is 7.08. The predicted octanol–water partition coefficient (Wildman–Crippen LogP) is 3.47. The molecule has 0 unspecified atom stereocenters. The van der Waals surface area contributed by atoms with E-state index in [4.69, 9.17) is 0 Å². The van der Waals surface area contributed by atoms with Gasteiger partial charge < -0.3 is 5.11 Å². The Kier molecular flexibility index (Phi) is 2.11. The van der Waals surface area contributed by atoms with Crippen LogP contribution in [0.5, 0.6) is 0 Å². The maximum atomic E-state index is 10.7. The van der Waals surface area contributed by atoms with E-state index in [0.29, 0.717) is 11.3 Å². The van der Waals surface area contributed by atoms with Crippen LogP contribution in [-0.2, 0) is 0 Å². The maximum Gasteiger partial charge on any atom is 0.0650 e. The van der Waals surface area contributed by atoms with Crippen molar-refractivity contribution >= 4 is 0 Å². The van der Waals surface area contributed by atoms with E-state index in [-0.39, 0.29) is 5.60 Å². The van der Waals surface area contributed by atoms with Crippen LogP contribution in [0.25, 0.3) is 0 Å². The minimum Gasteiger partial charge on any atom is -0.390 e. The summed E-state index contributed by atoms with van der Waals surface area (Å²) in [4.78, 5) is 0. The smallest absolute Gasteiger partial charge is 0.0650 e. The first kappa shape index (κ1) is 11.1. The largest absolute Gasteiger partial charge is 0.390 e. The van der Waals surface area contributed by atoms with Crippen LogP contribution >= 0.6 is 0 Å². The highest BCUT2D eigenvalue weighted by molar-refractivity contribution is 5.14. The Morgan fingerprint density at radius 1 is 1.00 bits per heavy atom. The van der Waals surface area contributed by atoms with Gasteiger partial charge in [0.15, 0.2) is 0 Å². The molecular weight excluding hydrogens is 196 g/mol. The zero-order valence-corrected chi connectivity index (χ0v) is 11.2. The molecule has 92 valence electrons. The molecule has 1 nitrogen and oxygen atoms in total. The summed E-state index contributed by atoms with van der Waals surface area (Å²) < 4.78 is 0. The van der Waals surface area contributed by atoms with E-state index in [1.165, 1.54) is 19.3 Å². The third kappa shape index (κ3) is 1.27. The van der Waals surface area contributed by atoms with E-state index in [1.54, 1.807) is 0 Å². The molecule has 3 aliphatic rings. The molecule has 0 aliphatic heterocycles. The summed E-state index contributed by atoms with van der Waals surface area (Å²) in [6.45, 7) is 9.41. The summed E-state index contributed by atoms with van der Waals surface area (Å²) in [5.74, 6) is 4.03. The average Bonchev–Trinajstić information content (AvgIpc) is 2.51. The monoisotopic (exact) mass is 222 g/mol. The molecule has 1 N–H and O–H groups in total. The lowest BCUT2D eigenvalue weighted by molar-refractivity contribution is -0.0302. The fourth-order valence-electron chi connectivity index (χ4n) is 5.29. The Morgan fingerprint density at radius 2 is 1.69 bits per heavy atom. The van der Waals surface area contributed by atoms with Crippen molar-refractivity contribution in [1.82, 2.24) is 0 Å². The molecule has 6 atom stereocenters. The molecule has 3 rings (SSSR count). The quantitative estimate of drug-likeness (QED) is 0.665. The van der Waals surface area contributed by atoms with E-state index in [1.807, 2.05) is 0 Å². The Hall–Kier alpha value is -0.0400. The van der Waals surface area contributed by atoms with Gasteiger partial charge in [-0.25, -0.2) is 0 Å². The molecule has 3 fully saturated rings. The number of rotatable bonds is 0. The molecule has 3 saturated carbocycles. The van der Waals surface area contributed by atoms with Crippen molar-refractivity contribution in [3.8, 4) is 0 Å². The fraction of sp³-hybridized carbons (Fsp3) is 1.00. The normalized spacial score (nSPS) is 58.7. The average molecular weight is 222 g/mol. The van der Waals surface area contributed by atoms with Gasteiger partial charge in [0.1, 0.15) is 0 Å². The molecule has 16 heavy (non-hydrogen) atoms. The van der Waals surface area contributed by atoms with Gasteiger partial charge in [0.25, 0.3) is 0 Å². The Bertz CT molecular complexity index is 305. The van der Waals surface area contributed by atoms with E-state index < -0.39 is 0 Å². The van der Waals surface area contributed by atoms with Gasteiger partial charge in [-0.3, -0.25) is 0 Å². The minimum atomic E-state index is -0.376. The van der Waals surface area contributed by atoms with Gasteiger partial charge in [-0.1, -0.05) is 27.2 Å².